The fourth-order valence-corrected chi connectivity index (χ4v) is 6.77. The minimum absolute atomic E-state index is 0.797. The van der Waals surface area contributed by atoms with Crippen LogP contribution in [-0.4, -0.2) is 0 Å². The lowest BCUT2D eigenvalue weighted by Crippen LogP contribution is -2.25. The predicted molar refractivity (Wildman–Crippen MR) is 129 cm³/mol. The third kappa shape index (κ3) is 7.91. The molecule has 0 spiro atoms. The molecule has 0 aromatic rings. The van der Waals surface area contributed by atoms with Crippen molar-refractivity contribution in [1.82, 2.24) is 0 Å². The van der Waals surface area contributed by atoms with Crippen LogP contribution >= 0.6 is 0 Å². The Kier molecular flexibility index (Phi) is 10.4. The summed E-state index contributed by atoms with van der Waals surface area (Å²) in [5.74, 6) is 5.93. The van der Waals surface area contributed by atoms with Crippen molar-refractivity contribution in [2.75, 3.05) is 0 Å². The highest BCUT2D eigenvalue weighted by atomic mass is 14.4. The molecule has 3 saturated carbocycles. The van der Waals surface area contributed by atoms with E-state index in [9.17, 15) is 0 Å². The average molecular weight is 399 g/mol. The molecule has 0 heteroatoms. The third-order valence-electron chi connectivity index (χ3n) is 8.97. The maximum atomic E-state index is 3.97. The monoisotopic (exact) mass is 398 g/mol. The molecular weight excluding hydrogens is 348 g/mol. The van der Waals surface area contributed by atoms with Gasteiger partial charge in [-0.25, -0.2) is 0 Å². The van der Waals surface area contributed by atoms with Gasteiger partial charge in [-0.3, -0.25) is 0 Å². The molecule has 0 aliphatic heterocycles. The van der Waals surface area contributed by atoms with Gasteiger partial charge in [-0.1, -0.05) is 76.5 Å². The molecule has 3 aliphatic carbocycles. The Morgan fingerprint density at radius 1 is 0.655 bits per heavy atom. The molecule has 3 fully saturated rings. The fraction of sp³-hybridized carbons (Fsp3) is 0.862. The van der Waals surface area contributed by atoms with Gasteiger partial charge in [-0.15, -0.1) is 6.58 Å². The van der Waals surface area contributed by atoms with E-state index in [1.54, 1.807) is 38.5 Å². The van der Waals surface area contributed by atoms with Crippen LogP contribution in [0.4, 0.5) is 0 Å². The molecule has 0 saturated heterocycles. The Balaban J connectivity index is 1.24. The van der Waals surface area contributed by atoms with Crippen LogP contribution in [0.5, 0.6) is 0 Å². The van der Waals surface area contributed by atoms with Gasteiger partial charge in [0.05, 0.1) is 0 Å². The van der Waals surface area contributed by atoms with Gasteiger partial charge < -0.3 is 0 Å². The normalized spacial score (nSPS) is 36.3. The lowest BCUT2D eigenvalue weighted by atomic mass is 9.68. The van der Waals surface area contributed by atoms with Crippen molar-refractivity contribution < 1.29 is 0 Å². The highest BCUT2D eigenvalue weighted by molar-refractivity contribution is 4.94. The molecule has 0 heterocycles. The lowest BCUT2D eigenvalue weighted by Gasteiger charge is -2.38. The summed E-state index contributed by atoms with van der Waals surface area (Å²) in [4.78, 5) is 0. The number of rotatable bonds is 10. The number of hydrogen-bond acceptors (Lipinski definition) is 0. The Morgan fingerprint density at radius 3 is 1.76 bits per heavy atom. The molecule has 0 nitrogen and oxygen atoms in total. The molecule has 0 aromatic carbocycles. The van der Waals surface area contributed by atoms with Crippen LogP contribution in [0.1, 0.15) is 122 Å². The van der Waals surface area contributed by atoms with Crippen LogP contribution in [0, 0.1) is 35.5 Å². The maximum absolute atomic E-state index is 3.97. The van der Waals surface area contributed by atoms with Crippen molar-refractivity contribution in [3.8, 4) is 0 Å². The number of allylic oxidation sites excluding steroid dienone is 3. The Labute approximate surface area is 183 Å². The van der Waals surface area contributed by atoms with Crippen molar-refractivity contribution in [2.45, 2.75) is 122 Å². The first-order valence-electron chi connectivity index (χ1n) is 13.6. The van der Waals surface area contributed by atoms with Gasteiger partial charge in [0.15, 0.2) is 0 Å². The van der Waals surface area contributed by atoms with Crippen LogP contribution in [0.3, 0.4) is 0 Å². The summed E-state index contributed by atoms with van der Waals surface area (Å²) in [5.41, 5.74) is 0. The SMILES string of the molecule is C=CC1CCC(C=CCCC2CCC(C3CCC(CCCCC)CC3)CC2)CC1. The van der Waals surface area contributed by atoms with Gasteiger partial charge in [0.1, 0.15) is 0 Å². The summed E-state index contributed by atoms with van der Waals surface area (Å²) >= 11 is 0. The summed E-state index contributed by atoms with van der Waals surface area (Å²) in [6.45, 7) is 6.30. The standard InChI is InChI=1S/C29H50/c1-3-5-6-9-26-16-20-28(21-17-26)29-22-18-27(19-23-29)11-8-7-10-25-14-12-24(4-2)13-15-25/h4,7,10,24-29H,2-3,5-6,8-9,11-23H2,1H3. The highest BCUT2D eigenvalue weighted by Crippen LogP contribution is 2.43. The molecule has 0 radical (unpaired) electrons. The van der Waals surface area contributed by atoms with Crippen molar-refractivity contribution in [1.29, 1.82) is 0 Å². The summed E-state index contributed by atoms with van der Waals surface area (Å²) in [6.07, 6.45) is 33.8. The highest BCUT2D eigenvalue weighted by Gasteiger charge is 2.30. The summed E-state index contributed by atoms with van der Waals surface area (Å²) < 4.78 is 0. The Morgan fingerprint density at radius 2 is 1.21 bits per heavy atom. The van der Waals surface area contributed by atoms with E-state index in [0.717, 1.165) is 35.5 Å². The van der Waals surface area contributed by atoms with E-state index >= 15 is 0 Å². The van der Waals surface area contributed by atoms with E-state index in [0.29, 0.717) is 0 Å². The number of hydrogen-bond donors (Lipinski definition) is 0. The van der Waals surface area contributed by atoms with E-state index in [1.165, 1.54) is 77.0 Å². The molecule has 0 aromatic heterocycles. The summed E-state index contributed by atoms with van der Waals surface area (Å²) in [6, 6.07) is 0. The zero-order chi connectivity index (χ0) is 20.3. The molecule has 0 amide bonds. The second-order valence-corrected chi connectivity index (χ2v) is 11.0. The summed E-state index contributed by atoms with van der Waals surface area (Å²) in [5, 5.41) is 0. The zero-order valence-corrected chi connectivity index (χ0v) is 19.6. The molecule has 0 atom stereocenters. The van der Waals surface area contributed by atoms with Gasteiger partial charge in [0.2, 0.25) is 0 Å². The molecule has 0 unspecified atom stereocenters. The van der Waals surface area contributed by atoms with Crippen molar-refractivity contribution in [3.05, 3.63) is 24.8 Å². The van der Waals surface area contributed by atoms with E-state index in [1.807, 2.05) is 0 Å². The van der Waals surface area contributed by atoms with Crippen LogP contribution in [0.25, 0.3) is 0 Å². The minimum atomic E-state index is 0.797. The smallest absolute Gasteiger partial charge is 0.0233 e. The largest absolute Gasteiger partial charge is 0.103 e. The van der Waals surface area contributed by atoms with Crippen LogP contribution < -0.4 is 0 Å². The maximum Gasteiger partial charge on any atom is -0.0233 e. The van der Waals surface area contributed by atoms with E-state index in [4.69, 9.17) is 0 Å². The second-order valence-electron chi connectivity index (χ2n) is 11.0. The van der Waals surface area contributed by atoms with Gasteiger partial charge in [0.25, 0.3) is 0 Å². The molecular formula is C29H50. The fourth-order valence-electron chi connectivity index (χ4n) is 6.77. The van der Waals surface area contributed by atoms with Crippen molar-refractivity contribution in [2.24, 2.45) is 35.5 Å². The predicted octanol–water partition coefficient (Wildman–Crippen LogP) is 9.51. The van der Waals surface area contributed by atoms with Gasteiger partial charge in [-0.2, -0.15) is 0 Å². The topological polar surface area (TPSA) is 0 Å². The first-order chi connectivity index (χ1) is 14.3. The molecule has 0 N–H and O–H groups in total. The Bertz CT molecular complexity index is 450. The van der Waals surface area contributed by atoms with Gasteiger partial charge in [0, 0.05) is 0 Å². The molecule has 3 aliphatic rings. The van der Waals surface area contributed by atoms with Crippen molar-refractivity contribution >= 4 is 0 Å². The van der Waals surface area contributed by atoms with E-state index < -0.39 is 0 Å². The van der Waals surface area contributed by atoms with Crippen molar-refractivity contribution in [3.63, 3.8) is 0 Å². The second kappa shape index (κ2) is 13.0. The van der Waals surface area contributed by atoms with E-state index in [2.05, 4.69) is 31.7 Å². The average Bonchev–Trinajstić information content (AvgIpc) is 2.78. The van der Waals surface area contributed by atoms with Gasteiger partial charge in [-0.05, 0) is 99.7 Å². The third-order valence-corrected chi connectivity index (χ3v) is 8.97. The van der Waals surface area contributed by atoms with Crippen LogP contribution in [-0.2, 0) is 0 Å². The lowest BCUT2D eigenvalue weighted by molar-refractivity contribution is 0.140. The quantitative estimate of drug-likeness (QED) is 0.254. The molecule has 166 valence electrons. The van der Waals surface area contributed by atoms with Crippen LogP contribution in [0.2, 0.25) is 0 Å². The van der Waals surface area contributed by atoms with Gasteiger partial charge >= 0.3 is 0 Å². The first-order valence-corrected chi connectivity index (χ1v) is 13.6. The van der Waals surface area contributed by atoms with Crippen LogP contribution in [0.15, 0.2) is 24.8 Å². The first kappa shape index (κ1) is 23.1. The number of unbranched alkanes of at least 4 members (excludes halogenated alkanes) is 2. The zero-order valence-electron chi connectivity index (χ0n) is 19.6. The molecule has 0 bridgehead atoms. The summed E-state index contributed by atoms with van der Waals surface area (Å²) in [7, 11) is 0. The minimum Gasteiger partial charge on any atom is -0.103 e. The Hall–Kier alpha value is -0.520. The van der Waals surface area contributed by atoms with E-state index in [-0.39, 0.29) is 0 Å². The molecule has 29 heavy (non-hydrogen) atoms. The molecule has 3 rings (SSSR count).